The minimum absolute atomic E-state index is 0.184. The van der Waals surface area contributed by atoms with Crippen LogP contribution < -0.4 is 19.5 Å². The second-order valence-corrected chi connectivity index (χ2v) is 5.75. The number of benzene rings is 2. The maximum atomic E-state index is 12.1. The van der Waals surface area contributed by atoms with Crippen LogP contribution in [0.25, 0.3) is 0 Å². The van der Waals surface area contributed by atoms with Gasteiger partial charge in [-0.3, -0.25) is 4.79 Å². The van der Waals surface area contributed by atoms with Crippen molar-refractivity contribution in [2.45, 2.75) is 13.5 Å². The van der Waals surface area contributed by atoms with Crippen LogP contribution in [-0.2, 0) is 16.1 Å². The average molecular weight is 373 g/mol. The Morgan fingerprint density at radius 1 is 0.963 bits per heavy atom. The highest BCUT2D eigenvalue weighted by atomic mass is 16.5. The first kappa shape index (κ1) is 20.1. The summed E-state index contributed by atoms with van der Waals surface area (Å²) in [6.07, 6.45) is 0. The number of rotatable bonds is 8. The highest BCUT2D eigenvalue weighted by Gasteiger charge is 2.14. The van der Waals surface area contributed by atoms with Crippen LogP contribution in [0, 0.1) is 6.92 Å². The van der Waals surface area contributed by atoms with Crippen LogP contribution in [0.4, 0.5) is 0 Å². The molecule has 0 atom stereocenters. The Kier molecular flexibility index (Phi) is 7.05. The first-order valence-corrected chi connectivity index (χ1v) is 8.27. The number of aryl methyl sites for hydroxylation is 1. The molecule has 0 radical (unpaired) electrons. The summed E-state index contributed by atoms with van der Waals surface area (Å²) in [6.45, 7) is 2.04. The van der Waals surface area contributed by atoms with Crippen molar-refractivity contribution in [2.75, 3.05) is 27.9 Å². The topological polar surface area (TPSA) is 83.1 Å². The van der Waals surface area contributed by atoms with E-state index in [1.54, 1.807) is 36.4 Å². The lowest BCUT2D eigenvalue weighted by atomic mass is 10.1. The smallest absolute Gasteiger partial charge is 0.337 e. The first-order chi connectivity index (χ1) is 13.0. The first-order valence-electron chi connectivity index (χ1n) is 8.27. The predicted octanol–water partition coefficient (Wildman–Crippen LogP) is 2.49. The van der Waals surface area contributed by atoms with Gasteiger partial charge < -0.3 is 24.3 Å². The molecule has 2 rings (SSSR count). The fourth-order valence-corrected chi connectivity index (χ4v) is 2.42. The molecule has 2 aromatic carbocycles. The molecule has 1 amide bonds. The molecule has 0 bridgehead atoms. The molecular formula is C20H23NO6. The van der Waals surface area contributed by atoms with Crippen molar-refractivity contribution in [1.29, 1.82) is 0 Å². The Hall–Kier alpha value is -3.22. The quantitative estimate of drug-likeness (QED) is 0.716. The second-order valence-electron chi connectivity index (χ2n) is 5.75. The van der Waals surface area contributed by atoms with E-state index in [1.807, 2.05) is 6.92 Å². The SMILES string of the molecule is COC(=O)c1ccc(CNC(=O)COc2c(OC)cc(C)cc2OC)cc1. The van der Waals surface area contributed by atoms with Gasteiger partial charge in [0.15, 0.2) is 18.1 Å². The van der Waals surface area contributed by atoms with Crippen molar-refractivity contribution in [1.82, 2.24) is 5.32 Å². The minimum Gasteiger partial charge on any atom is -0.493 e. The summed E-state index contributed by atoms with van der Waals surface area (Å²) in [5.41, 5.74) is 2.26. The number of methoxy groups -OCH3 is 3. The summed E-state index contributed by atoms with van der Waals surface area (Å²) in [5, 5.41) is 2.76. The van der Waals surface area contributed by atoms with Crippen LogP contribution >= 0.6 is 0 Å². The van der Waals surface area contributed by atoms with Gasteiger partial charge in [0.1, 0.15) is 0 Å². The van der Waals surface area contributed by atoms with Gasteiger partial charge in [0.2, 0.25) is 5.75 Å². The Labute approximate surface area is 158 Å². The third kappa shape index (κ3) is 5.37. The van der Waals surface area contributed by atoms with Crippen LogP contribution in [0.15, 0.2) is 36.4 Å². The summed E-state index contributed by atoms with van der Waals surface area (Å²) in [7, 11) is 4.38. The zero-order valence-electron chi connectivity index (χ0n) is 15.8. The van der Waals surface area contributed by atoms with Crippen molar-refractivity contribution < 1.29 is 28.5 Å². The van der Waals surface area contributed by atoms with Gasteiger partial charge in [0.25, 0.3) is 5.91 Å². The van der Waals surface area contributed by atoms with Crippen LogP contribution in [-0.4, -0.2) is 39.8 Å². The summed E-state index contributed by atoms with van der Waals surface area (Å²) >= 11 is 0. The van der Waals surface area contributed by atoms with E-state index >= 15 is 0 Å². The average Bonchev–Trinajstić information content (AvgIpc) is 2.70. The lowest BCUT2D eigenvalue weighted by Crippen LogP contribution is -2.28. The summed E-state index contributed by atoms with van der Waals surface area (Å²) in [5.74, 6) is 0.677. The van der Waals surface area contributed by atoms with Gasteiger partial charge in [-0.2, -0.15) is 0 Å². The molecule has 0 aliphatic carbocycles. The molecule has 1 N–H and O–H groups in total. The largest absolute Gasteiger partial charge is 0.493 e. The normalized spacial score (nSPS) is 10.1. The van der Waals surface area contributed by atoms with Gasteiger partial charge in [-0.05, 0) is 42.3 Å². The molecule has 7 nitrogen and oxygen atoms in total. The van der Waals surface area contributed by atoms with Crippen molar-refractivity contribution in [3.8, 4) is 17.2 Å². The van der Waals surface area contributed by atoms with E-state index in [-0.39, 0.29) is 12.5 Å². The van der Waals surface area contributed by atoms with Crippen molar-refractivity contribution in [3.05, 3.63) is 53.1 Å². The zero-order valence-corrected chi connectivity index (χ0v) is 15.8. The number of hydrogen-bond acceptors (Lipinski definition) is 6. The Balaban J connectivity index is 1.92. The summed E-state index contributed by atoms with van der Waals surface area (Å²) in [6, 6.07) is 10.4. The Morgan fingerprint density at radius 3 is 2.07 bits per heavy atom. The second kappa shape index (κ2) is 9.47. The fourth-order valence-electron chi connectivity index (χ4n) is 2.42. The predicted molar refractivity (Wildman–Crippen MR) is 99.4 cm³/mol. The third-order valence-electron chi connectivity index (χ3n) is 3.82. The zero-order chi connectivity index (χ0) is 19.8. The van der Waals surface area contributed by atoms with Crippen LogP contribution in [0.2, 0.25) is 0 Å². The van der Waals surface area contributed by atoms with E-state index in [2.05, 4.69) is 10.1 Å². The lowest BCUT2D eigenvalue weighted by Gasteiger charge is -2.15. The van der Waals surface area contributed by atoms with Crippen molar-refractivity contribution >= 4 is 11.9 Å². The number of hydrogen-bond donors (Lipinski definition) is 1. The lowest BCUT2D eigenvalue weighted by molar-refractivity contribution is -0.123. The Bertz CT molecular complexity index is 776. The van der Waals surface area contributed by atoms with Gasteiger partial charge in [0.05, 0.1) is 26.9 Å². The summed E-state index contributed by atoms with van der Waals surface area (Å²) in [4.78, 5) is 23.5. The number of carbonyl (C=O) groups excluding carboxylic acids is 2. The molecule has 144 valence electrons. The van der Waals surface area contributed by atoms with Crippen molar-refractivity contribution in [2.24, 2.45) is 0 Å². The number of amides is 1. The van der Waals surface area contributed by atoms with E-state index in [0.717, 1.165) is 11.1 Å². The molecule has 0 saturated carbocycles. The van der Waals surface area contributed by atoms with Gasteiger partial charge in [0, 0.05) is 6.54 Å². The van der Waals surface area contributed by atoms with Gasteiger partial charge in [-0.25, -0.2) is 4.79 Å². The molecule has 7 heteroatoms. The minimum atomic E-state index is -0.403. The molecular weight excluding hydrogens is 350 g/mol. The molecule has 0 spiro atoms. The number of carbonyl (C=O) groups is 2. The van der Waals surface area contributed by atoms with Crippen LogP contribution in [0.1, 0.15) is 21.5 Å². The number of esters is 1. The molecule has 27 heavy (non-hydrogen) atoms. The summed E-state index contributed by atoms with van der Waals surface area (Å²) < 4.78 is 20.8. The number of ether oxygens (including phenoxy) is 4. The van der Waals surface area contributed by atoms with Crippen LogP contribution in [0.5, 0.6) is 17.2 Å². The molecule has 0 aliphatic rings. The van der Waals surface area contributed by atoms with E-state index in [1.165, 1.54) is 21.3 Å². The Morgan fingerprint density at radius 2 is 1.56 bits per heavy atom. The molecule has 0 heterocycles. The fraction of sp³-hybridized carbons (Fsp3) is 0.300. The van der Waals surface area contributed by atoms with Gasteiger partial charge in [-0.15, -0.1) is 0 Å². The highest BCUT2D eigenvalue weighted by Crippen LogP contribution is 2.38. The van der Waals surface area contributed by atoms with Gasteiger partial charge >= 0.3 is 5.97 Å². The van der Waals surface area contributed by atoms with E-state index in [4.69, 9.17) is 14.2 Å². The monoisotopic (exact) mass is 373 g/mol. The molecule has 0 saturated heterocycles. The molecule has 0 fully saturated rings. The number of nitrogens with one attached hydrogen (secondary N) is 1. The highest BCUT2D eigenvalue weighted by molar-refractivity contribution is 5.89. The van der Waals surface area contributed by atoms with E-state index < -0.39 is 5.97 Å². The van der Waals surface area contributed by atoms with Crippen LogP contribution in [0.3, 0.4) is 0 Å². The maximum absolute atomic E-state index is 12.1. The standard InChI is InChI=1S/C20H23NO6/c1-13-9-16(24-2)19(17(10-13)25-3)27-12-18(22)21-11-14-5-7-15(8-6-14)20(23)26-4/h5-10H,11-12H2,1-4H3,(H,21,22). The molecule has 0 unspecified atom stereocenters. The van der Waals surface area contributed by atoms with E-state index in [0.29, 0.717) is 29.4 Å². The van der Waals surface area contributed by atoms with E-state index in [9.17, 15) is 9.59 Å². The third-order valence-corrected chi connectivity index (χ3v) is 3.82. The maximum Gasteiger partial charge on any atom is 0.337 e. The van der Waals surface area contributed by atoms with Gasteiger partial charge in [-0.1, -0.05) is 12.1 Å². The van der Waals surface area contributed by atoms with Crippen molar-refractivity contribution in [3.63, 3.8) is 0 Å². The molecule has 0 aromatic heterocycles. The molecule has 2 aromatic rings. The molecule has 0 aliphatic heterocycles.